The maximum absolute atomic E-state index is 5.85. The Balaban J connectivity index is 2.25. The van der Waals surface area contributed by atoms with Crippen LogP contribution in [-0.4, -0.2) is 45.5 Å². The zero-order valence-electron chi connectivity index (χ0n) is 11.9. The number of nitrogens with two attached hydrogens (primary N) is 1. The fraction of sp³-hybridized carbons (Fsp3) is 0.923. The van der Waals surface area contributed by atoms with E-state index in [1.807, 2.05) is 13.8 Å². The van der Waals surface area contributed by atoms with Crippen LogP contribution in [0.15, 0.2) is 4.99 Å². The van der Waals surface area contributed by atoms with E-state index in [0.29, 0.717) is 18.0 Å². The summed E-state index contributed by atoms with van der Waals surface area (Å²) in [7, 11) is 1.68. The monoisotopic (exact) mass is 257 g/mol. The van der Waals surface area contributed by atoms with Gasteiger partial charge >= 0.3 is 0 Å². The lowest BCUT2D eigenvalue weighted by Crippen LogP contribution is -2.41. The fourth-order valence-electron chi connectivity index (χ4n) is 1.94. The molecule has 3 N–H and O–H groups in total. The van der Waals surface area contributed by atoms with Gasteiger partial charge in [-0.15, -0.1) is 0 Å². The highest BCUT2D eigenvalue weighted by molar-refractivity contribution is 5.78. The van der Waals surface area contributed by atoms with Crippen molar-refractivity contribution in [3.8, 4) is 0 Å². The molecule has 1 aliphatic rings. The molecule has 1 rings (SSSR count). The molecule has 0 aromatic carbocycles. The van der Waals surface area contributed by atoms with Crippen LogP contribution in [-0.2, 0) is 9.47 Å². The molecule has 0 aromatic heterocycles. The summed E-state index contributed by atoms with van der Waals surface area (Å²) in [6.07, 6.45) is 3.57. The van der Waals surface area contributed by atoms with Gasteiger partial charge in [-0.3, -0.25) is 4.99 Å². The SMILES string of the molecule is CCOCCC1(CN=C(N)NC(C)COC)CC1. The number of hydrogen-bond acceptors (Lipinski definition) is 3. The van der Waals surface area contributed by atoms with Gasteiger partial charge in [0, 0.05) is 32.9 Å². The van der Waals surface area contributed by atoms with Crippen LogP contribution in [0.2, 0.25) is 0 Å². The third-order valence-corrected chi connectivity index (χ3v) is 3.33. The fourth-order valence-corrected chi connectivity index (χ4v) is 1.94. The molecule has 1 unspecified atom stereocenters. The van der Waals surface area contributed by atoms with Crippen molar-refractivity contribution in [2.45, 2.75) is 39.2 Å². The molecule has 1 fully saturated rings. The molecule has 0 amide bonds. The van der Waals surface area contributed by atoms with E-state index in [1.54, 1.807) is 7.11 Å². The van der Waals surface area contributed by atoms with E-state index in [0.717, 1.165) is 26.2 Å². The molecule has 0 heterocycles. The molecular formula is C13H27N3O2. The Morgan fingerprint density at radius 1 is 1.50 bits per heavy atom. The molecule has 18 heavy (non-hydrogen) atoms. The van der Waals surface area contributed by atoms with Gasteiger partial charge in [0.1, 0.15) is 0 Å². The van der Waals surface area contributed by atoms with E-state index in [1.165, 1.54) is 12.8 Å². The summed E-state index contributed by atoms with van der Waals surface area (Å²) < 4.78 is 10.4. The lowest BCUT2D eigenvalue weighted by atomic mass is 10.0. The molecule has 0 aromatic rings. The smallest absolute Gasteiger partial charge is 0.188 e. The summed E-state index contributed by atoms with van der Waals surface area (Å²) in [4.78, 5) is 4.43. The summed E-state index contributed by atoms with van der Waals surface area (Å²) in [6.45, 7) is 7.10. The molecule has 0 spiro atoms. The van der Waals surface area contributed by atoms with Crippen molar-refractivity contribution < 1.29 is 9.47 Å². The summed E-state index contributed by atoms with van der Waals surface area (Å²) in [5.74, 6) is 0.516. The normalized spacial score (nSPS) is 19.6. The van der Waals surface area contributed by atoms with Gasteiger partial charge in [-0.25, -0.2) is 0 Å². The molecule has 106 valence electrons. The Hall–Kier alpha value is -0.810. The highest BCUT2D eigenvalue weighted by Crippen LogP contribution is 2.48. The second-order valence-corrected chi connectivity index (χ2v) is 5.15. The second-order valence-electron chi connectivity index (χ2n) is 5.15. The molecule has 1 aliphatic carbocycles. The van der Waals surface area contributed by atoms with Crippen molar-refractivity contribution in [3.05, 3.63) is 0 Å². The standard InChI is InChI=1S/C13H27N3O2/c1-4-18-8-7-13(5-6-13)10-15-12(14)16-11(2)9-17-3/h11H,4-10H2,1-3H3,(H3,14,15,16). The van der Waals surface area contributed by atoms with E-state index in [9.17, 15) is 0 Å². The van der Waals surface area contributed by atoms with Crippen molar-refractivity contribution in [3.63, 3.8) is 0 Å². The van der Waals surface area contributed by atoms with Crippen molar-refractivity contribution in [1.82, 2.24) is 5.32 Å². The van der Waals surface area contributed by atoms with Crippen LogP contribution in [0.25, 0.3) is 0 Å². The summed E-state index contributed by atoms with van der Waals surface area (Å²) in [5.41, 5.74) is 6.20. The Morgan fingerprint density at radius 2 is 2.22 bits per heavy atom. The lowest BCUT2D eigenvalue weighted by molar-refractivity contribution is 0.129. The van der Waals surface area contributed by atoms with Crippen LogP contribution >= 0.6 is 0 Å². The third-order valence-electron chi connectivity index (χ3n) is 3.33. The number of guanidine groups is 1. The Bertz CT molecular complexity index is 265. The zero-order chi connectivity index (χ0) is 13.4. The van der Waals surface area contributed by atoms with Crippen molar-refractivity contribution in [2.24, 2.45) is 16.1 Å². The minimum absolute atomic E-state index is 0.192. The molecule has 0 aliphatic heterocycles. The number of methoxy groups -OCH3 is 1. The second kappa shape index (κ2) is 7.59. The molecule has 0 radical (unpaired) electrons. The maximum atomic E-state index is 5.85. The molecule has 1 saturated carbocycles. The number of rotatable bonds is 9. The lowest BCUT2D eigenvalue weighted by Gasteiger charge is -2.15. The first kappa shape index (κ1) is 15.2. The van der Waals surface area contributed by atoms with E-state index in [4.69, 9.17) is 15.2 Å². The summed E-state index contributed by atoms with van der Waals surface area (Å²) in [6, 6.07) is 0.192. The summed E-state index contributed by atoms with van der Waals surface area (Å²) >= 11 is 0. The minimum atomic E-state index is 0.192. The molecule has 0 saturated heterocycles. The average molecular weight is 257 g/mol. The van der Waals surface area contributed by atoms with Gasteiger partial charge in [-0.1, -0.05) is 0 Å². The Labute approximate surface area is 110 Å². The van der Waals surface area contributed by atoms with Gasteiger partial charge in [-0.2, -0.15) is 0 Å². The predicted molar refractivity (Wildman–Crippen MR) is 73.7 cm³/mol. The van der Waals surface area contributed by atoms with Crippen molar-refractivity contribution in [1.29, 1.82) is 0 Å². The molecule has 5 heteroatoms. The van der Waals surface area contributed by atoms with Gasteiger partial charge in [-0.05, 0) is 38.5 Å². The highest BCUT2D eigenvalue weighted by atomic mass is 16.5. The largest absolute Gasteiger partial charge is 0.383 e. The van der Waals surface area contributed by atoms with Gasteiger partial charge in [0.25, 0.3) is 0 Å². The molecule has 0 bridgehead atoms. The van der Waals surface area contributed by atoms with Crippen molar-refractivity contribution in [2.75, 3.05) is 33.5 Å². The average Bonchev–Trinajstić information content (AvgIpc) is 3.08. The number of nitrogens with zero attached hydrogens (tertiary/aromatic N) is 1. The Kier molecular flexibility index (Phi) is 6.43. The number of aliphatic imine (C=N–C) groups is 1. The summed E-state index contributed by atoms with van der Waals surface area (Å²) in [5, 5.41) is 3.12. The van der Waals surface area contributed by atoms with E-state index >= 15 is 0 Å². The van der Waals surface area contributed by atoms with Crippen LogP contribution in [0.1, 0.15) is 33.1 Å². The van der Waals surface area contributed by atoms with E-state index in [2.05, 4.69) is 10.3 Å². The van der Waals surface area contributed by atoms with Gasteiger partial charge < -0.3 is 20.5 Å². The van der Waals surface area contributed by atoms with Crippen LogP contribution in [0.3, 0.4) is 0 Å². The third kappa shape index (κ3) is 5.69. The number of hydrogen-bond donors (Lipinski definition) is 2. The van der Waals surface area contributed by atoms with Crippen LogP contribution in [0.4, 0.5) is 0 Å². The van der Waals surface area contributed by atoms with Crippen LogP contribution in [0.5, 0.6) is 0 Å². The predicted octanol–water partition coefficient (Wildman–Crippen LogP) is 1.13. The van der Waals surface area contributed by atoms with Crippen LogP contribution in [0, 0.1) is 5.41 Å². The molecule has 5 nitrogen and oxygen atoms in total. The molecular weight excluding hydrogens is 230 g/mol. The van der Waals surface area contributed by atoms with Gasteiger partial charge in [0.05, 0.1) is 6.61 Å². The molecule has 1 atom stereocenters. The quantitative estimate of drug-likeness (QED) is 0.369. The van der Waals surface area contributed by atoms with Crippen LogP contribution < -0.4 is 11.1 Å². The Morgan fingerprint density at radius 3 is 2.78 bits per heavy atom. The van der Waals surface area contributed by atoms with Gasteiger partial charge in [0.15, 0.2) is 5.96 Å². The number of ether oxygens (including phenoxy) is 2. The first-order valence-corrected chi connectivity index (χ1v) is 6.75. The maximum Gasteiger partial charge on any atom is 0.188 e. The topological polar surface area (TPSA) is 68.9 Å². The first-order chi connectivity index (χ1) is 8.62. The highest BCUT2D eigenvalue weighted by Gasteiger charge is 2.41. The van der Waals surface area contributed by atoms with Gasteiger partial charge in [0.2, 0.25) is 0 Å². The number of nitrogens with one attached hydrogen (secondary N) is 1. The van der Waals surface area contributed by atoms with E-state index < -0.39 is 0 Å². The minimum Gasteiger partial charge on any atom is -0.383 e. The van der Waals surface area contributed by atoms with E-state index in [-0.39, 0.29) is 6.04 Å². The zero-order valence-corrected chi connectivity index (χ0v) is 11.9. The first-order valence-electron chi connectivity index (χ1n) is 6.75. The van der Waals surface area contributed by atoms with Crippen molar-refractivity contribution >= 4 is 5.96 Å².